The number of aromatic nitrogens is 2. The molecule has 90 valence electrons. The van der Waals surface area contributed by atoms with E-state index < -0.39 is 5.60 Å². The first-order chi connectivity index (χ1) is 7.64. The topological polar surface area (TPSA) is 59.2 Å². The van der Waals surface area contributed by atoms with Crippen molar-refractivity contribution in [3.8, 4) is 0 Å². The summed E-state index contributed by atoms with van der Waals surface area (Å²) in [5.41, 5.74) is -0.629. The fourth-order valence-corrected chi connectivity index (χ4v) is 2.44. The van der Waals surface area contributed by atoms with Crippen molar-refractivity contribution in [1.29, 1.82) is 0 Å². The molecule has 1 N–H and O–H groups in total. The van der Waals surface area contributed by atoms with Crippen LogP contribution >= 0.6 is 0 Å². The lowest BCUT2D eigenvalue weighted by molar-refractivity contribution is 0.00291. The van der Waals surface area contributed by atoms with Crippen LogP contribution in [0.25, 0.3) is 0 Å². The zero-order chi connectivity index (χ0) is 11.6. The van der Waals surface area contributed by atoms with Crippen LogP contribution in [0.1, 0.15) is 51.2 Å². The number of nitrogens with zero attached hydrogens (tertiary/aromatic N) is 2. The van der Waals surface area contributed by atoms with E-state index in [9.17, 15) is 5.11 Å². The molecule has 1 aromatic heterocycles. The Morgan fingerprint density at radius 1 is 1.56 bits per heavy atom. The van der Waals surface area contributed by atoms with Crippen LogP contribution < -0.4 is 0 Å². The Morgan fingerprint density at radius 2 is 2.38 bits per heavy atom. The Balaban J connectivity index is 2.02. The minimum Gasteiger partial charge on any atom is -0.389 e. The lowest BCUT2D eigenvalue weighted by Crippen LogP contribution is -2.34. The molecule has 0 bridgehead atoms. The van der Waals surface area contributed by atoms with Crippen molar-refractivity contribution < 1.29 is 9.63 Å². The standard InChI is InChI=1S/C12H20N2O2/c1-3-5-10-13-11(16-14-10)8-12(15)7-4-6-9(12)2/h9,15H,3-8H2,1-2H3/t9-,12-/m0/s1. The molecule has 2 atom stereocenters. The summed E-state index contributed by atoms with van der Waals surface area (Å²) in [6.07, 6.45) is 5.39. The van der Waals surface area contributed by atoms with Crippen LogP contribution in [0.4, 0.5) is 0 Å². The maximum atomic E-state index is 10.4. The number of hydrogen-bond donors (Lipinski definition) is 1. The van der Waals surface area contributed by atoms with E-state index in [1.54, 1.807) is 0 Å². The van der Waals surface area contributed by atoms with E-state index in [0.29, 0.717) is 18.2 Å². The molecule has 1 aliphatic carbocycles. The van der Waals surface area contributed by atoms with Crippen molar-refractivity contribution in [2.45, 2.75) is 58.0 Å². The monoisotopic (exact) mass is 224 g/mol. The Kier molecular flexibility index (Phi) is 3.28. The average Bonchev–Trinajstić information content (AvgIpc) is 2.77. The zero-order valence-corrected chi connectivity index (χ0v) is 10.1. The quantitative estimate of drug-likeness (QED) is 0.851. The molecule has 0 radical (unpaired) electrons. The van der Waals surface area contributed by atoms with Crippen LogP contribution in [0.5, 0.6) is 0 Å². The number of aryl methyl sites for hydroxylation is 1. The van der Waals surface area contributed by atoms with Gasteiger partial charge >= 0.3 is 0 Å². The van der Waals surface area contributed by atoms with Crippen molar-refractivity contribution >= 4 is 0 Å². The summed E-state index contributed by atoms with van der Waals surface area (Å²) in [7, 11) is 0. The molecule has 1 aliphatic rings. The van der Waals surface area contributed by atoms with Crippen molar-refractivity contribution in [1.82, 2.24) is 10.1 Å². The van der Waals surface area contributed by atoms with Gasteiger partial charge in [0.25, 0.3) is 0 Å². The highest BCUT2D eigenvalue weighted by molar-refractivity contribution is 4.98. The summed E-state index contributed by atoms with van der Waals surface area (Å²) in [6, 6.07) is 0. The van der Waals surface area contributed by atoms with E-state index in [0.717, 1.165) is 37.9 Å². The molecule has 0 aliphatic heterocycles. The molecule has 0 aromatic carbocycles. The number of aliphatic hydroxyl groups is 1. The Hall–Kier alpha value is -0.900. The van der Waals surface area contributed by atoms with E-state index in [4.69, 9.17) is 4.52 Å². The molecule has 1 heterocycles. The van der Waals surface area contributed by atoms with E-state index in [1.165, 1.54) is 0 Å². The molecule has 1 fully saturated rings. The lowest BCUT2D eigenvalue weighted by atomic mass is 9.89. The molecular weight excluding hydrogens is 204 g/mol. The van der Waals surface area contributed by atoms with Gasteiger partial charge in [-0.05, 0) is 25.2 Å². The summed E-state index contributed by atoms with van der Waals surface area (Å²) in [4.78, 5) is 4.31. The van der Waals surface area contributed by atoms with Gasteiger partial charge in [-0.2, -0.15) is 4.98 Å². The second-order valence-corrected chi connectivity index (χ2v) is 4.93. The minimum atomic E-state index is -0.629. The second-order valence-electron chi connectivity index (χ2n) is 4.93. The molecule has 1 aromatic rings. The largest absolute Gasteiger partial charge is 0.389 e. The normalized spacial score (nSPS) is 29.8. The van der Waals surface area contributed by atoms with Crippen molar-refractivity contribution in [2.24, 2.45) is 5.92 Å². The zero-order valence-electron chi connectivity index (χ0n) is 10.1. The van der Waals surface area contributed by atoms with Crippen molar-refractivity contribution in [2.75, 3.05) is 0 Å². The Morgan fingerprint density at radius 3 is 3.00 bits per heavy atom. The minimum absolute atomic E-state index is 0.328. The van der Waals surface area contributed by atoms with Gasteiger partial charge in [0.05, 0.1) is 12.0 Å². The molecule has 0 amide bonds. The van der Waals surface area contributed by atoms with Crippen molar-refractivity contribution in [3.63, 3.8) is 0 Å². The summed E-state index contributed by atoms with van der Waals surface area (Å²) in [5.74, 6) is 1.67. The first-order valence-electron chi connectivity index (χ1n) is 6.18. The van der Waals surface area contributed by atoms with Gasteiger partial charge in [0, 0.05) is 6.42 Å². The molecular formula is C12H20N2O2. The summed E-state index contributed by atoms with van der Waals surface area (Å²) < 4.78 is 5.17. The second kappa shape index (κ2) is 4.53. The lowest BCUT2D eigenvalue weighted by Gasteiger charge is -2.25. The number of rotatable bonds is 4. The molecule has 4 heteroatoms. The fourth-order valence-electron chi connectivity index (χ4n) is 2.44. The van der Waals surface area contributed by atoms with Crippen LogP contribution in [0.15, 0.2) is 4.52 Å². The maximum absolute atomic E-state index is 10.4. The third kappa shape index (κ3) is 2.26. The Bertz CT molecular complexity index is 351. The highest BCUT2D eigenvalue weighted by Gasteiger charge is 2.39. The van der Waals surface area contributed by atoms with Crippen LogP contribution in [0, 0.1) is 5.92 Å². The van der Waals surface area contributed by atoms with Gasteiger partial charge in [-0.1, -0.05) is 25.4 Å². The molecule has 0 unspecified atom stereocenters. The van der Waals surface area contributed by atoms with E-state index >= 15 is 0 Å². The van der Waals surface area contributed by atoms with Gasteiger partial charge in [-0.25, -0.2) is 0 Å². The molecule has 0 spiro atoms. The fraction of sp³-hybridized carbons (Fsp3) is 0.833. The van der Waals surface area contributed by atoms with E-state index in [-0.39, 0.29) is 0 Å². The van der Waals surface area contributed by atoms with Crippen molar-refractivity contribution in [3.05, 3.63) is 11.7 Å². The van der Waals surface area contributed by atoms with Gasteiger partial charge in [-0.3, -0.25) is 0 Å². The van der Waals surface area contributed by atoms with Gasteiger partial charge < -0.3 is 9.63 Å². The third-order valence-electron chi connectivity index (χ3n) is 3.61. The predicted octanol–water partition coefficient (Wildman–Crippen LogP) is 2.12. The molecule has 4 nitrogen and oxygen atoms in total. The summed E-state index contributed by atoms with van der Waals surface area (Å²) >= 11 is 0. The van der Waals surface area contributed by atoms with Gasteiger partial charge in [0.2, 0.25) is 5.89 Å². The third-order valence-corrected chi connectivity index (χ3v) is 3.61. The van der Waals surface area contributed by atoms with Gasteiger partial charge in [0.15, 0.2) is 5.82 Å². The molecule has 16 heavy (non-hydrogen) atoms. The first kappa shape index (κ1) is 11.6. The first-order valence-corrected chi connectivity index (χ1v) is 6.18. The van der Waals surface area contributed by atoms with Crippen LogP contribution in [-0.2, 0) is 12.8 Å². The highest BCUT2D eigenvalue weighted by Crippen LogP contribution is 2.37. The number of hydrogen-bond acceptors (Lipinski definition) is 4. The van der Waals surface area contributed by atoms with E-state index in [1.807, 2.05) is 0 Å². The highest BCUT2D eigenvalue weighted by atomic mass is 16.5. The molecule has 0 saturated heterocycles. The van der Waals surface area contributed by atoms with E-state index in [2.05, 4.69) is 24.0 Å². The maximum Gasteiger partial charge on any atom is 0.229 e. The van der Waals surface area contributed by atoms with Gasteiger partial charge in [-0.15, -0.1) is 0 Å². The van der Waals surface area contributed by atoms with Crippen LogP contribution in [0.2, 0.25) is 0 Å². The van der Waals surface area contributed by atoms with Gasteiger partial charge in [0.1, 0.15) is 0 Å². The SMILES string of the molecule is CCCc1noc(C[C@@]2(O)CCC[C@@H]2C)n1. The van der Waals surface area contributed by atoms with Crippen LogP contribution in [-0.4, -0.2) is 20.8 Å². The average molecular weight is 224 g/mol. The molecule has 2 rings (SSSR count). The predicted molar refractivity (Wildman–Crippen MR) is 60.0 cm³/mol. The molecule has 1 saturated carbocycles. The summed E-state index contributed by atoms with van der Waals surface area (Å²) in [6.45, 7) is 4.18. The van der Waals surface area contributed by atoms with Crippen LogP contribution in [0.3, 0.4) is 0 Å². The Labute approximate surface area is 96.1 Å². The smallest absolute Gasteiger partial charge is 0.229 e. The summed E-state index contributed by atoms with van der Waals surface area (Å²) in [5, 5.41) is 14.3.